The highest BCUT2D eigenvalue weighted by Crippen LogP contribution is 2.36. The fraction of sp³-hybridized carbons (Fsp3) is 0. The number of anilines is 1. The molecule has 1 fully saturated rings. The second-order valence-electron chi connectivity index (χ2n) is 6.95. The Labute approximate surface area is 210 Å². The third-order valence-corrected chi connectivity index (χ3v) is 5.94. The smallest absolute Gasteiger partial charge is 0.287 e. The maximum absolute atomic E-state index is 13.1. The zero-order chi connectivity index (χ0) is 25.4. The number of hydrogen-bond donors (Lipinski definition) is 1. The molecule has 3 aromatic rings. The van der Waals surface area contributed by atoms with Gasteiger partial charge in [0.25, 0.3) is 23.2 Å². The molecule has 0 unspecified atom stereocenters. The zero-order valence-electron chi connectivity index (χ0n) is 17.1. The number of nitrogens with zero attached hydrogens (tertiary/aromatic N) is 3. The molecular formula is C21H10Cl2N4O7S. The molecular weight excluding hydrogens is 523 g/mol. The predicted octanol–water partition coefficient (Wildman–Crippen LogP) is 4.90. The first-order valence-electron chi connectivity index (χ1n) is 9.47. The predicted molar refractivity (Wildman–Crippen MR) is 130 cm³/mol. The van der Waals surface area contributed by atoms with Crippen LogP contribution in [0.2, 0.25) is 10.0 Å². The summed E-state index contributed by atoms with van der Waals surface area (Å²) in [6.07, 6.45) is 1.13. The van der Waals surface area contributed by atoms with Gasteiger partial charge in [-0.05, 0) is 48.6 Å². The number of benzene rings is 2. The Morgan fingerprint density at radius 1 is 1.03 bits per heavy atom. The number of halogens is 2. The minimum Gasteiger partial charge on any atom is -0.456 e. The van der Waals surface area contributed by atoms with Crippen molar-refractivity contribution >= 4 is 75.5 Å². The van der Waals surface area contributed by atoms with Gasteiger partial charge in [0.15, 0.2) is 5.11 Å². The minimum atomic E-state index is -0.804. The summed E-state index contributed by atoms with van der Waals surface area (Å²) in [4.78, 5) is 47.5. The van der Waals surface area contributed by atoms with Gasteiger partial charge in [0.2, 0.25) is 0 Å². The van der Waals surface area contributed by atoms with Gasteiger partial charge in [-0.3, -0.25) is 40.0 Å². The molecule has 1 N–H and O–H groups in total. The molecule has 0 radical (unpaired) electrons. The highest BCUT2D eigenvalue weighted by atomic mass is 35.5. The normalized spacial score (nSPS) is 14.9. The summed E-state index contributed by atoms with van der Waals surface area (Å²) >= 11 is 17.4. The molecule has 1 aromatic heterocycles. The molecule has 0 bridgehead atoms. The fourth-order valence-electron chi connectivity index (χ4n) is 3.25. The molecule has 0 aliphatic carbocycles. The third kappa shape index (κ3) is 4.49. The van der Waals surface area contributed by atoms with Crippen molar-refractivity contribution in [1.82, 2.24) is 5.32 Å². The van der Waals surface area contributed by atoms with Gasteiger partial charge in [0.1, 0.15) is 17.1 Å². The molecule has 11 nitrogen and oxygen atoms in total. The molecule has 1 saturated heterocycles. The summed E-state index contributed by atoms with van der Waals surface area (Å²) in [5.41, 5.74) is -1.24. The van der Waals surface area contributed by atoms with Crippen LogP contribution in [0.3, 0.4) is 0 Å². The van der Waals surface area contributed by atoms with E-state index in [1.54, 1.807) is 6.07 Å². The highest BCUT2D eigenvalue weighted by molar-refractivity contribution is 7.80. The monoisotopic (exact) mass is 532 g/mol. The van der Waals surface area contributed by atoms with Crippen LogP contribution in [0.25, 0.3) is 17.4 Å². The van der Waals surface area contributed by atoms with E-state index in [4.69, 9.17) is 39.8 Å². The topological polar surface area (TPSA) is 149 Å². The lowest BCUT2D eigenvalue weighted by atomic mass is 10.1. The number of carbonyl (C=O) groups excluding carboxylic acids is 2. The van der Waals surface area contributed by atoms with Crippen LogP contribution in [-0.4, -0.2) is 26.8 Å². The van der Waals surface area contributed by atoms with E-state index in [-0.39, 0.29) is 43.5 Å². The molecule has 35 heavy (non-hydrogen) atoms. The lowest BCUT2D eigenvalue weighted by Gasteiger charge is -2.29. The number of thiocarbonyl (C=S) groups is 1. The molecule has 0 spiro atoms. The van der Waals surface area contributed by atoms with Gasteiger partial charge in [0, 0.05) is 6.07 Å². The number of nitro groups is 2. The first-order chi connectivity index (χ1) is 16.6. The van der Waals surface area contributed by atoms with E-state index in [1.807, 2.05) is 0 Å². The third-order valence-electron chi connectivity index (χ3n) is 4.84. The van der Waals surface area contributed by atoms with Crippen molar-refractivity contribution in [2.24, 2.45) is 0 Å². The maximum atomic E-state index is 13.1. The van der Waals surface area contributed by atoms with Crippen LogP contribution in [0.15, 0.2) is 58.5 Å². The molecule has 0 atom stereocenters. The lowest BCUT2D eigenvalue weighted by Crippen LogP contribution is -2.54. The molecule has 2 heterocycles. The Bertz CT molecular complexity index is 1480. The fourth-order valence-corrected chi connectivity index (χ4v) is 3.91. The van der Waals surface area contributed by atoms with Gasteiger partial charge in [-0.2, -0.15) is 0 Å². The number of rotatable bonds is 5. The number of nitrogens with one attached hydrogen (secondary N) is 1. The summed E-state index contributed by atoms with van der Waals surface area (Å²) in [6, 6.07) is 10.4. The van der Waals surface area contributed by atoms with Crippen LogP contribution in [0.5, 0.6) is 0 Å². The van der Waals surface area contributed by atoms with Gasteiger partial charge in [-0.15, -0.1) is 0 Å². The average Bonchev–Trinajstić information content (AvgIpc) is 3.27. The van der Waals surface area contributed by atoms with Crippen LogP contribution in [0.1, 0.15) is 5.76 Å². The van der Waals surface area contributed by atoms with Crippen molar-refractivity contribution in [3.63, 3.8) is 0 Å². The van der Waals surface area contributed by atoms with Crippen LogP contribution in [0, 0.1) is 20.2 Å². The largest absolute Gasteiger partial charge is 0.456 e. The van der Waals surface area contributed by atoms with Crippen LogP contribution < -0.4 is 10.2 Å². The number of nitro benzene ring substituents is 2. The lowest BCUT2D eigenvalue weighted by molar-refractivity contribution is -0.393. The Balaban J connectivity index is 1.73. The first-order valence-corrected chi connectivity index (χ1v) is 10.6. The van der Waals surface area contributed by atoms with Crippen molar-refractivity contribution in [2.45, 2.75) is 0 Å². The van der Waals surface area contributed by atoms with Crippen molar-refractivity contribution in [1.29, 1.82) is 0 Å². The standard InChI is InChI=1S/C21H10Cl2N4O7S/c22-14-2-1-3-15(18(14)23)25-20(29)13(19(28)24-21(25)35)9-11-5-7-17(34-11)12-6-4-10(26(30)31)8-16(12)27(32)33/h1-9H,(H,24,28,35)/b13-9+. The summed E-state index contributed by atoms with van der Waals surface area (Å²) in [5.74, 6) is -1.60. The molecule has 4 rings (SSSR count). The average molecular weight is 533 g/mol. The van der Waals surface area contributed by atoms with E-state index >= 15 is 0 Å². The van der Waals surface area contributed by atoms with Gasteiger partial charge < -0.3 is 4.42 Å². The Kier molecular flexibility index (Phi) is 6.35. The van der Waals surface area contributed by atoms with Gasteiger partial charge in [0.05, 0.1) is 37.2 Å². The van der Waals surface area contributed by atoms with Crippen molar-refractivity contribution < 1.29 is 23.9 Å². The summed E-state index contributed by atoms with van der Waals surface area (Å²) in [5, 5.41) is 24.8. The summed E-state index contributed by atoms with van der Waals surface area (Å²) in [7, 11) is 0. The summed E-state index contributed by atoms with van der Waals surface area (Å²) < 4.78 is 5.59. The molecule has 1 aliphatic heterocycles. The van der Waals surface area contributed by atoms with Crippen LogP contribution in [-0.2, 0) is 9.59 Å². The molecule has 14 heteroatoms. The number of non-ortho nitro benzene ring substituents is 1. The van der Waals surface area contributed by atoms with Crippen LogP contribution in [0.4, 0.5) is 17.1 Å². The molecule has 0 saturated carbocycles. The Hall–Kier alpha value is -4.13. The second kappa shape index (κ2) is 9.25. The van der Waals surface area contributed by atoms with E-state index < -0.39 is 33.0 Å². The first kappa shape index (κ1) is 24.0. The zero-order valence-corrected chi connectivity index (χ0v) is 19.4. The maximum Gasteiger partial charge on any atom is 0.287 e. The minimum absolute atomic E-state index is 0.00706. The van der Waals surface area contributed by atoms with Crippen molar-refractivity contribution in [2.75, 3.05) is 4.90 Å². The van der Waals surface area contributed by atoms with Gasteiger partial charge in [-0.25, -0.2) is 0 Å². The van der Waals surface area contributed by atoms with E-state index in [9.17, 15) is 29.8 Å². The van der Waals surface area contributed by atoms with Crippen molar-refractivity contribution in [3.8, 4) is 11.3 Å². The highest BCUT2D eigenvalue weighted by Gasteiger charge is 2.36. The van der Waals surface area contributed by atoms with E-state index in [0.29, 0.717) is 0 Å². The van der Waals surface area contributed by atoms with Crippen LogP contribution >= 0.6 is 35.4 Å². The quantitative estimate of drug-likeness (QED) is 0.160. The number of hydrogen-bond acceptors (Lipinski definition) is 8. The molecule has 176 valence electrons. The van der Waals surface area contributed by atoms with Crippen molar-refractivity contribution in [3.05, 3.63) is 90.1 Å². The van der Waals surface area contributed by atoms with Gasteiger partial charge in [-0.1, -0.05) is 29.3 Å². The number of carbonyl (C=O) groups is 2. The van der Waals surface area contributed by atoms with E-state index in [0.717, 1.165) is 23.1 Å². The van der Waals surface area contributed by atoms with Gasteiger partial charge >= 0.3 is 0 Å². The molecule has 2 amide bonds. The number of amides is 2. The van der Waals surface area contributed by atoms with E-state index in [1.165, 1.54) is 30.3 Å². The second-order valence-corrected chi connectivity index (χ2v) is 8.12. The number of furan rings is 1. The summed E-state index contributed by atoms with van der Waals surface area (Å²) in [6.45, 7) is 0. The molecule has 2 aromatic carbocycles. The Morgan fingerprint density at radius 3 is 2.46 bits per heavy atom. The molecule has 1 aliphatic rings. The van der Waals surface area contributed by atoms with E-state index in [2.05, 4.69) is 5.32 Å². The Morgan fingerprint density at radius 2 is 1.77 bits per heavy atom. The SMILES string of the molecule is O=C1NC(=S)N(c2cccc(Cl)c2Cl)C(=O)/C1=C/c1ccc(-c2ccc([N+](=O)[O-])cc2[N+](=O)[O-])o1.